The van der Waals surface area contributed by atoms with Crippen molar-refractivity contribution in [2.24, 2.45) is 0 Å². The number of halogens is 3. The Kier molecular flexibility index (Phi) is 4.71. The molecule has 0 fully saturated rings. The number of alkyl halides is 3. The van der Waals surface area contributed by atoms with Gasteiger partial charge in [-0.2, -0.15) is 27.6 Å². The number of hydrogen-bond acceptors (Lipinski definition) is 6. The summed E-state index contributed by atoms with van der Waals surface area (Å²) in [6.07, 6.45) is -0.905. The lowest BCUT2D eigenvalue weighted by molar-refractivity contribution is -0.141. The highest BCUT2D eigenvalue weighted by atomic mass is 32.1. The number of hydrogen-bond donors (Lipinski definition) is 1. The predicted octanol–water partition coefficient (Wildman–Crippen LogP) is 4.28. The van der Waals surface area contributed by atoms with Gasteiger partial charge in [0.25, 0.3) is 0 Å². The van der Waals surface area contributed by atoms with E-state index in [0.717, 1.165) is 22.9 Å². The van der Waals surface area contributed by atoms with Gasteiger partial charge in [-0.25, -0.2) is 0 Å². The fourth-order valence-electron chi connectivity index (χ4n) is 2.27. The second-order valence-corrected chi connectivity index (χ2v) is 6.14. The average molecular weight is 368 g/mol. The molecule has 1 N–H and O–H groups in total. The van der Waals surface area contributed by atoms with E-state index in [1.54, 1.807) is 12.3 Å². The van der Waals surface area contributed by atoms with Crippen LogP contribution in [0.25, 0.3) is 11.4 Å². The zero-order valence-corrected chi connectivity index (χ0v) is 14.3. The lowest BCUT2D eigenvalue weighted by Gasteiger charge is -2.03. The minimum atomic E-state index is -4.56. The molecule has 0 saturated carbocycles. The van der Waals surface area contributed by atoms with Gasteiger partial charge in [0, 0.05) is 41.9 Å². The molecule has 3 rings (SSSR count). The molecule has 0 spiro atoms. The van der Waals surface area contributed by atoms with Crippen LogP contribution < -0.4 is 5.32 Å². The van der Waals surface area contributed by atoms with Crippen LogP contribution in [0, 0.1) is 6.92 Å². The third-order valence-electron chi connectivity index (χ3n) is 3.30. The van der Waals surface area contributed by atoms with Crippen LogP contribution in [0.15, 0.2) is 24.5 Å². The van der Waals surface area contributed by atoms with E-state index in [1.807, 2.05) is 19.9 Å². The van der Waals surface area contributed by atoms with E-state index in [1.165, 1.54) is 10.9 Å². The Morgan fingerprint density at radius 3 is 2.80 bits per heavy atom. The first-order valence-electron chi connectivity index (χ1n) is 7.55. The number of pyridine rings is 1. The van der Waals surface area contributed by atoms with Crippen molar-refractivity contribution in [2.75, 3.05) is 5.32 Å². The van der Waals surface area contributed by atoms with Crippen molar-refractivity contribution < 1.29 is 13.2 Å². The predicted molar refractivity (Wildman–Crippen MR) is 88.7 cm³/mol. The number of nitrogens with one attached hydrogen (secondary N) is 1. The quantitative estimate of drug-likeness (QED) is 0.728. The highest BCUT2D eigenvalue weighted by Gasteiger charge is 2.38. The number of nitrogens with zero attached hydrogens (tertiary/aromatic N) is 5. The van der Waals surface area contributed by atoms with Crippen LogP contribution in [0.1, 0.15) is 24.7 Å². The average Bonchev–Trinajstić information content (AvgIpc) is 3.14. The Bertz CT molecular complexity index is 870. The molecule has 132 valence electrons. The second-order valence-electron chi connectivity index (χ2n) is 5.39. The summed E-state index contributed by atoms with van der Waals surface area (Å²) >= 11 is 0.990. The van der Waals surface area contributed by atoms with E-state index < -0.39 is 11.9 Å². The number of anilines is 2. The maximum atomic E-state index is 13.2. The van der Waals surface area contributed by atoms with Gasteiger partial charge >= 0.3 is 6.18 Å². The monoisotopic (exact) mass is 368 g/mol. The molecular weight excluding hydrogens is 353 g/mol. The highest BCUT2D eigenvalue weighted by molar-refractivity contribution is 7.09. The van der Waals surface area contributed by atoms with E-state index in [9.17, 15) is 13.2 Å². The SMILES string of the molecule is CCCn1cc(-c2nsc(Nc3ccnc(C)c3)n2)c(C(F)(F)F)n1. The summed E-state index contributed by atoms with van der Waals surface area (Å²) in [4.78, 5) is 8.26. The van der Waals surface area contributed by atoms with Crippen molar-refractivity contribution in [2.45, 2.75) is 33.0 Å². The van der Waals surface area contributed by atoms with Gasteiger partial charge in [0.05, 0.1) is 5.56 Å². The Balaban J connectivity index is 1.91. The minimum Gasteiger partial charge on any atom is -0.330 e. The van der Waals surface area contributed by atoms with Crippen molar-refractivity contribution in [1.82, 2.24) is 24.1 Å². The van der Waals surface area contributed by atoms with Gasteiger partial charge < -0.3 is 5.32 Å². The van der Waals surface area contributed by atoms with Crippen molar-refractivity contribution in [1.29, 1.82) is 0 Å². The molecule has 3 aromatic heterocycles. The van der Waals surface area contributed by atoms with Gasteiger partial charge in [-0.05, 0) is 25.5 Å². The van der Waals surface area contributed by atoms with Crippen LogP contribution in [-0.2, 0) is 12.7 Å². The summed E-state index contributed by atoms with van der Waals surface area (Å²) < 4.78 is 45.0. The van der Waals surface area contributed by atoms with Crippen LogP contribution in [0.3, 0.4) is 0 Å². The molecule has 3 aromatic rings. The lowest BCUT2D eigenvalue weighted by Crippen LogP contribution is -2.09. The molecule has 0 saturated heterocycles. The molecule has 0 bridgehead atoms. The van der Waals surface area contributed by atoms with Crippen LogP contribution in [0.4, 0.5) is 24.0 Å². The number of aromatic nitrogens is 5. The van der Waals surface area contributed by atoms with Crippen LogP contribution in [0.5, 0.6) is 0 Å². The molecule has 0 radical (unpaired) electrons. The topological polar surface area (TPSA) is 68.5 Å². The highest BCUT2D eigenvalue weighted by Crippen LogP contribution is 2.36. The maximum Gasteiger partial charge on any atom is 0.435 e. The van der Waals surface area contributed by atoms with E-state index in [4.69, 9.17) is 0 Å². The molecule has 25 heavy (non-hydrogen) atoms. The minimum absolute atomic E-state index is 0.00737. The largest absolute Gasteiger partial charge is 0.435 e. The van der Waals surface area contributed by atoms with E-state index >= 15 is 0 Å². The van der Waals surface area contributed by atoms with Crippen molar-refractivity contribution in [3.63, 3.8) is 0 Å². The van der Waals surface area contributed by atoms with Gasteiger partial charge in [-0.15, -0.1) is 0 Å². The summed E-state index contributed by atoms with van der Waals surface area (Å²) in [7, 11) is 0. The lowest BCUT2D eigenvalue weighted by atomic mass is 10.2. The Morgan fingerprint density at radius 2 is 2.12 bits per heavy atom. The number of rotatable bonds is 5. The Morgan fingerprint density at radius 1 is 1.32 bits per heavy atom. The van der Waals surface area contributed by atoms with Gasteiger partial charge in [0.1, 0.15) is 0 Å². The Labute approximate surface area is 145 Å². The first-order valence-corrected chi connectivity index (χ1v) is 8.32. The van der Waals surface area contributed by atoms with E-state index in [2.05, 4.69) is 24.8 Å². The fraction of sp³-hybridized carbons (Fsp3) is 0.333. The molecule has 0 amide bonds. The zero-order chi connectivity index (χ0) is 18.0. The summed E-state index contributed by atoms with van der Waals surface area (Å²) in [5, 5.41) is 7.06. The number of aryl methyl sites for hydroxylation is 2. The molecule has 0 unspecified atom stereocenters. The smallest absolute Gasteiger partial charge is 0.330 e. The second kappa shape index (κ2) is 6.79. The summed E-state index contributed by atoms with van der Waals surface area (Å²) in [5.41, 5.74) is 0.476. The molecule has 10 heteroatoms. The third kappa shape index (κ3) is 3.95. The normalized spacial score (nSPS) is 11.7. The van der Waals surface area contributed by atoms with Crippen LogP contribution in [0.2, 0.25) is 0 Å². The molecule has 0 aromatic carbocycles. The summed E-state index contributed by atoms with van der Waals surface area (Å²) in [6, 6.07) is 3.55. The standard InChI is InChI=1S/C15H15F3N6S/c1-3-6-24-8-11(12(22-24)15(16,17)18)13-21-14(25-23-13)20-10-4-5-19-9(2)7-10/h4-5,7-8H,3,6H2,1-2H3,(H,19,20,21,23). The van der Waals surface area contributed by atoms with E-state index in [-0.39, 0.29) is 11.4 Å². The van der Waals surface area contributed by atoms with Crippen LogP contribution >= 0.6 is 11.5 Å². The fourth-order valence-corrected chi connectivity index (χ4v) is 2.87. The Hall–Kier alpha value is -2.49. The van der Waals surface area contributed by atoms with Crippen LogP contribution in [-0.4, -0.2) is 24.1 Å². The first-order chi connectivity index (χ1) is 11.9. The molecule has 3 heterocycles. The molecule has 0 aliphatic rings. The van der Waals surface area contributed by atoms with Crippen molar-refractivity contribution in [3.05, 3.63) is 35.9 Å². The van der Waals surface area contributed by atoms with Gasteiger partial charge in [0.15, 0.2) is 11.5 Å². The molecular formula is C15H15F3N6S. The van der Waals surface area contributed by atoms with Gasteiger partial charge in [-0.3, -0.25) is 9.67 Å². The zero-order valence-electron chi connectivity index (χ0n) is 13.5. The first kappa shape index (κ1) is 17.3. The molecule has 0 aliphatic heterocycles. The molecule has 0 atom stereocenters. The van der Waals surface area contributed by atoms with Crippen molar-refractivity contribution in [3.8, 4) is 11.4 Å². The molecule has 0 aliphatic carbocycles. The van der Waals surface area contributed by atoms with E-state index in [0.29, 0.717) is 18.1 Å². The summed E-state index contributed by atoms with van der Waals surface area (Å²) in [6.45, 7) is 4.11. The summed E-state index contributed by atoms with van der Waals surface area (Å²) in [5.74, 6) is 0.00737. The molecule has 6 nitrogen and oxygen atoms in total. The maximum absolute atomic E-state index is 13.2. The van der Waals surface area contributed by atoms with Gasteiger partial charge in [-0.1, -0.05) is 6.92 Å². The third-order valence-corrected chi connectivity index (χ3v) is 3.93. The van der Waals surface area contributed by atoms with Crippen molar-refractivity contribution >= 4 is 22.4 Å². The van der Waals surface area contributed by atoms with Gasteiger partial charge in [0.2, 0.25) is 5.13 Å².